The molecule has 0 spiro atoms. The Morgan fingerprint density at radius 1 is 1.15 bits per heavy atom. The first-order chi connectivity index (χ1) is 16.1. The molecule has 4 aromatic rings. The van der Waals surface area contributed by atoms with Crippen molar-refractivity contribution in [1.29, 1.82) is 0 Å². The van der Waals surface area contributed by atoms with Gasteiger partial charge in [0, 0.05) is 42.5 Å². The number of para-hydroxylation sites is 1. The first kappa shape index (κ1) is 20.9. The standard InChI is InChI=1S/C26H23FN4O2/c1-2-25(32)30-14-6-7-18(17-30)31-24-12-13-28-16-22(24)26(29-31)21-11-10-20(15-23(21)27)33-19-8-4-3-5-9-19/h2-5,8-13,15-16,18H,1,6-7,14,17H2/t18-/m0/s1. The zero-order valence-electron chi connectivity index (χ0n) is 18.0. The number of aromatic nitrogens is 3. The minimum absolute atomic E-state index is 0.00921. The Morgan fingerprint density at radius 2 is 2.00 bits per heavy atom. The summed E-state index contributed by atoms with van der Waals surface area (Å²) in [5.41, 5.74) is 1.76. The molecular weight excluding hydrogens is 419 g/mol. The third-order valence-electron chi connectivity index (χ3n) is 5.91. The lowest BCUT2D eigenvalue weighted by Gasteiger charge is -2.32. The van der Waals surface area contributed by atoms with E-state index in [-0.39, 0.29) is 11.9 Å². The van der Waals surface area contributed by atoms with Gasteiger partial charge < -0.3 is 9.64 Å². The fraction of sp³-hybridized carbons (Fsp3) is 0.192. The monoisotopic (exact) mass is 442 g/mol. The zero-order valence-corrected chi connectivity index (χ0v) is 18.0. The largest absolute Gasteiger partial charge is 0.457 e. The normalized spacial score (nSPS) is 16.0. The van der Waals surface area contributed by atoms with E-state index in [0.29, 0.717) is 35.8 Å². The maximum absolute atomic E-state index is 15.2. The summed E-state index contributed by atoms with van der Waals surface area (Å²) in [5.74, 6) is 0.540. The molecule has 1 fully saturated rings. The fourth-order valence-electron chi connectivity index (χ4n) is 4.32. The Bertz CT molecular complexity index is 1320. The van der Waals surface area contributed by atoms with E-state index in [9.17, 15) is 4.79 Å². The molecule has 1 aliphatic rings. The summed E-state index contributed by atoms with van der Waals surface area (Å²) >= 11 is 0. The van der Waals surface area contributed by atoms with Crippen molar-refractivity contribution >= 4 is 16.8 Å². The van der Waals surface area contributed by atoms with Gasteiger partial charge in [0.2, 0.25) is 5.91 Å². The van der Waals surface area contributed by atoms with E-state index in [1.165, 1.54) is 12.1 Å². The van der Waals surface area contributed by atoms with Gasteiger partial charge in [0.1, 0.15) is 23.0 Å². The number of carbonyl (C=O) groups excluding carboxylic acids is 1. The van der Waals surface area contributed by atoms with Crippen LogP contribution in [-0.4, -0.2) is 38.7 Å². The van der Waals surface area contributed by atoms with Crippen molar-refractivity contribution in [2.45, 2.75) is 18.9 Å². The SMILES string of the molecule is C=CC(=O)N1CCC[C@H](n2nc(-c3ccc(Oc4ccccc4)cc3F)c3cnccc32)C1. The van der Waals surface area contributed by atoms with Crippen molar-refractivity contribution in [3.05, 3.63) is 85.5 Å². The first-order valence-electron chi connectivity index (χ1n) is 10.9. The number of amides is 1. The number of ether oxygens (including phenoxy) is 1. The van der Waals surface area contributed by atoms with Gasteiger partial charge in [-0.1, -0.05) is 24.8 Å². The van der Waals surface area contributed by atoms with Gasteiger partial charge in [0.05, 0.1) is 11.6 Å². The number of hydrogen-bond donors (Lipinski definition) is 0. The van der Waals surface area contributed by atoms with Crippen LogP contribution in [0.5, 0.6) is 11.5 Å². The number of rotatable bonds is 5. The van der Waals surface area contributed by atoms with Crippen LogP contribution in [0.15, 0.2) is 79.6 Å². The molecule has 166 valence electrons. The molecule has 5 rings (SSSR count). The number of carbonyl (C=O) groups is 1. The second-order valence-corrected chi connectivity index (χ2v) is 8.03. The maximum Gasteiger partial charge on any atom is 0.246 e. The molecule has 3 heterocycles. The average Bonchev–Trinajstić information content (AvgIpc) is 3.24. The van der Waals surface area contributed by atoms with Crippen LogP contribution in [0.25, 0.3) is 22.2 Å². The lowest BCUT2D eigenvalue weighted by atomic mass is 10.1. The van der Waals surface area contributed by atoms with Crippen LogP contribution in [0.4, 0.5) is 4.39 Å². The minimum atomic E-state index is -0.425. The van der Waals surface area contributed by atoms with E-state index < -0.39 is 5.82 Å². The lowest BCUT2D eigenvalue weighted by Crippen LogP contribution is -2.40. The molecule has 33 heavy (non-hydrogen) atoms. The predicted molar refractivity (Wildman–Crippen MR) is 124 cm³/mol. The van der Waals surface area contributed by atoms with Gasteiger partial charge in [-0.3, -0.25) is 14.5 Å². The molecule has 7 heteroatoms. The van der Waals surface area contributed by atoms with E-state index in [1.54, 1.807) is 29.4 Å². The van der Waals surface area contributed by atoms with E-state index in [0.717, 1.165) is 23.7 Å². The molecule has 1 aliphatic heterocycles. The summed E-state index contributed by atoms with van der Waals surface area (Å²) in [7, 11) is 0. The highest BCUT2D eigenvalue weighted by Gasteiger charge is 2.27. The molecule has 0 aliphatic carbocycles. The van der Waals surface area contributed by atoms with E-state index >= 15 is 4.39 Å². The van der Waals surface area contributed by atoms with Gasteiger partial charge in [-0.05, 0) is 49.2 Å². The Hall–Kier alpha value is -4.00. The van der Waals surface area contributed by atoms with Gasteiger partial charge in [-0.2, -0.15) is 5.10 Å². The van der Waals surface area contributed by atoms with Crippen molar-refractivity contribution in [3.63, 3.8) is 0 Å². The van der Waals surface area contributed by atoms with Crippen LogP contribution in [0.2, 0.25) is 0 Å². The summed E-state index contributed by atoms with van der Waals surface area (Å²) < 4.78 is 22.9. The summed E-state index contributed by atoms with van der Waals surface area (Å²) in [4.78, 5) is 18.2. The topological polar surface area (TPSA) is 60.2 Å². The minimum Gasteiger partial charge on any atom is -0.457 e. The van der Waals surface area contributed by atoms with Crippen molar-refractivity contribution in [2.75, 3.05) is 13.1 Å². The second kappa shape index (κ2) is 8.86. The van der Waals surface area contributed by atoms with E-state index in [1.807, 2.05) is 41.1 Å². The summed E-state index contributed by atoms with van der Waals surface area (Å²) in [5, 5.41) is 5.57. The molecule has 0 bridgehead atoms. The van der Waals surface area contributed by atoms with Gasteiger partial charge in [0.25, 0.3) is 0 Å². The van der Waals surface area contributed by atoms with Gasteiger partial charge in [0.15, 0.2) is 0 Å². The van der Waals surface area contributed by atoms with Gasteiger partial charge in [-0.15, -0.1) is 0 Å². The van der Waals surface area contributed by atoms with Crippen molar-refractivity contribution in [1.82, 2.24) is 19.7 Å². The zero-order chi connectivity index (χ0) is 22.8. The molecule has 1 atom stereocenters. The summed E-state index contributed by atoms with van der Waals surface area (Å²) in [6.45, 7) is 4.83. The number of piperidine rings is 1. The number of halogens is 1. The number of fused-ring (bicyclic) bond motifs is 1. The maximum atomic E-state index is 15.2. The highest BCUT2D eigenvalue weighted by molar-refractivity contribution is 5.93. The third-order valence-corrected chi connectivity index (χ3v) is 5.91. The number of nitrogens with zero attached hydrogens (tertiary/aromatic N) is 4. The van der Waals surface area contributed by atoms with Crippen molar-refractivity contribution < 1.29 is 13.9 Å². The number of hydrogen-bond acceptors (Lipinski definition) is 4. The summed E-state index contributed by atoms with van der Waals surface area (Å²) in [6, 6.07) is 15.9. The van der Waals surface area contributed by atoms with Crippen LogP contribution >= 0.6 is 0 Å². The number of likely N-dealkylation sites (tertiary alicyclic amines) is 1. The predicted octanol–water partition coefficient (Wildman–Crippen LogP) is 5.38. The molecule has 0 saturated carbocycles. The fourth-order valence-corrected chi connectivity index (χ4v) is 4.32. The highest BCUT2D eigenvalue weighted by atomic mass is 19.1. The molecule has 6 nitrogen and oxygen atoms in total. The molecule has 1 amide bonds. The third kappa shape index (κ3) is 4.09. The summed E-state index contributed by atoms with van der Waals surface area (Å²) in [6.07, 6.45) is 6.50. The molecular formula is C26H23FN4O2. The van der Waals surface area contributed by atoms with E-state index in [2.05, 4.69) is 11.6 Å². The number of pyridine rings is 1. The van der Waals surface area contributed by atoms with Gasteiger partial charge >= 0.3 is 0 Å². The van der Waals surface area contributed by atoms with Crippen LogP contribution in [0.3, 0.4) is 0 Å². The Balaban J connectivity index is 1.50. The number of benzene rings is 2. The molecule has 2 aromatic heterocycles. The average molecular weight is 442 g/mol. The Labute approximate surface area is 190 Å². The van der Waals surface area contributed by atoms with Crippen LogP contribution < -0.4 is 4.74 Å². The molecule has 1 saturated heterocycles. The molecule has 2 aromatic carbocycles. The van der Waals surface area contributed by atoms with Gasteiger partial charge in [-0.25, -0.2) is 4.39 Å². The van der Waals surface area contributed by atoms with Crippen LogP contribution in [0.1, 0.15) is 18.9 Å². The molecule has 0 unspecified atom stereocenters. The quantitative estimate of drug-likeness (QED) is 0.390. The van der Waals surface area contributed by atoms with Crippen molar-refractivity contribution in [2.24, 2.45) is 0 Å². The van der Waals surface area contributed by atoms with Crippen LogP contribution in [0, 0.1) is 5.82 Å². The second-order valence-electron chi connectivity index (χ2n) is 8.03. The van der Waals surface area contributed by atoms with Crippen LogP contribution in [-0.2, 0) is 4.79 Å². The molecule has 0 radical (unpaired) electrons. The highest BCUT2D eigenvalue weighted by Crippen LogP contribution is 2.35. The first-order valence-corrected chi connectivity index (χ1v) is 10.9. The molecule has 0 N–H and O–H groups in total. The Morgan fingerprint density at radius 3 is 2.79 bits per heavy atom. The smallest absolute Gasteiger partial charge is 0.246 e. The lowest BCUT2D eigenvalue weighted by molar-refractivity contribution is -0.127. The van der Waals surface area contributed by atoms with Crippen molar-refractivity contribution in [3.8, 4) is 22.8 Å². The Kier molecular flexibility index (Phi) is 5.60. The van der Waals surface area contributed by atoms with E-state index in [4.69, 9.17) is 9.84 Å².